The van der Waals surface area contributed by atoms with Crippen molar-refractivity contribution in [2.24, 2.45) is 0 Å². The maximum Gasteiger partial charge on any atom is 0.329 e. The summed E-state index contributed by atoms with van der Waals surface area (Å²) in [5.74, 6) is -1.46. The van der Waals surface area contributed by atoms with E-state index in [1.165, 1.54) is 25.8 Å². The largest absolute Gasteiger partial charge is 0.480 e. The first-order chi connectivity index (χ1) is 7.69. The lowest BCUT2D eigenvalue weighted by Gasteiger charge is -2.31. The Hall–Kier alpha value is -1.85. The van der Waals surface area contributed by atoms with Gasteiger partial charge in [-0.05, 0) is 27.7 Å². The fraction of sp³-hybridized carbons (Fsp3) is 0.545. The smallest absolute Gasteiger partial charge is 0.329 e. The second-order valence-corrected chi connectivity index (χ2v) is 4.55. The minimum Gasteiger partial charge on any atom is -0.480 e. The van der Waals surface area contributed by atoms with Gasteiger partial charge in [-0.3, -0.25) is 9.89 Å². The number of aryl methyl sites for hydroxylation is 1. The number of amides is 1. The molecule has 94 valence electrons. The molecule has 0 spiro atoms. The summed E-state index contributed by atoms with van der Waals surface area (Å²) in [6.45, 7) is 6.53. The minimum atomic E-state index is -1.27. The van der Waals surface area contributed by atoms with Crippen LogP contribution in [0.4, 0.5) is 0 Å². The monoisotopic (exact) mass is 239 g/mol. The average molecular weight is 239 g/mol. The number of aliphatic carboxylic acids is 1. The summed E-state index contributed by atoms with van der Waals surface area (Å²) >= 11 is 0. The van der Waals surface area contributed by atoms with E-state index in [0.717, 1.165) is 11.3 Å². The highest BCUT2D eigenvalue weighted by molar-refractivity contribution is 5.97. The van der Waals surface area contributed by atoms with Gasteiger partial charge in [-0.25, -0.2) is 4.79 Å². The molecule has 0 fully saturated rings. The lowest BCUT2D eigenvalue weighted by atomic mass is 10.0. The molecule has 1 rings (SSSR count). The van der Waals surface area contributed by atoms with Crippen LogP contribution in [0, 0.1) is 13.8 Å². The maximum atomic E-state index is 12.1. The molecule has 0 atom stereocenters. The molecule has 0 radical (unpaired) electrons. The molecule has 0 aromatic carbocycles. The first-order valence-electron chi connectivity index (χ1n) is 5.22. The maximum absolute atomic E-state index is 12.1. The molecule has 1 amide bonds. The van der Waals surface area contributed by atoms with Gasteiger partial charge in [-0.2, -0.15) is 5.10 Å². The number of carbonyl (C=O) groups excluding carboxylic acids is 1. The van der Waals surface area contributed by atoms with Gasteiger partial charge in [0.25, 0.3) is 5.91 Å². The molecule has 0 aliphatic carbocycles. The molecule has 0 aliphatic rings. The first-order valence-corrected chi connectivity index (χ1v) is 5.22. The van der Waals surface area contributed by atoms with Crippen molar-refractivity contribution in [1.82, 2.24) is 15.1 Å². The van der Waals surface area contributed by atoms with Gasteiger partial charge in [-0.1, -0.05) is 0 Å². The summed E-state index contributed by atoms with van der Waals surface area (Å²) in [6, 6.07) is 0. The number of hydrogen-bond donors (Lipinski definition) is 2. The third kappa shape index (κ3) is 2.15. The van der Waals surface area contributed by atoms with Crippen LogP contribution in [0.2, 0.25) is 0 Å². The third-order valence-corrected chi connectivity index (χ3v) is 3.12. The second-order valence-electron chi connectivity index (χ2n) is 4.55. The number of nitrogens with zero attached hydrogens (tertiary/aromatic N) is 2. The Morgan fingerprint density at radius 2 is 1.88 bits per heavy atom. The van der Waals surface area contributed by atoms with E-state index in [9.17, 15) is 9.59 Å². The number of likely N-dealkylation sites (N-methyl/N-ethyl adjacent to an activating group) is 1. The second kappa shape index (κ2) is 4.20. The summed E-state index contributed by atoms with van der Waals surface area (Å²) in [4.78, 5) is 24.4. The predicted molar refractivity (Wildman–Crippen MR) is 61.9 cm³/mol. The van der Waals surface area contributed by atoms with Crippen molar-refractivity contribution in [3.05, 3.63) is 17.0 Å². The molecule has 0 unspecified atom stereocenters. The van der Waals surface area contributed by atoms with Crippen molar-refractivity contribution >= 4 is 11.9 Å². The minimum absolute atomic E-state index is 0.263. The van der Waals surface area contributed by atoms with E-state index in [1.807, 2.05) is 0 Å². The highest BCUT2D eigenvalue weighted by Gasteiger charge is 2.36. The number of carboxylic acid groups (broad SMARTS) is 1. The summed E-state index contributed by atoms with van der Waals surface area (Å²) in [7, 11) is 1.46. The summed E-state index contributed by atoms with van der Waals surface area (Å²) < 4.78 is 0. The molecule has 2 N–H and O–H groups in total. The number of hydrogen-bond acceptors (Lipinski definition) is 3. The average Bonchev–Trinajstić information content (AvgIpc) is 2.57. The van der Waals surface area contributed by atoms with Gasteiger partial charge in [0.15, 0.2) is 5.69 Å². The van der Waals surface area contributed by atoms with Crippen LogP contribution in [-0.4, -0.2) is 44.7 Å². The van der Waals surface area contributed by atoms with E-state index in [0.29, 0.717) is 0 Å². The molecule has 0 saturated carbocycles. The summed E-state index contributed by atoms with van der Waals surface area (Å²) in [5.41, 5.74) is 0.536. The zero-order valence-corrected chi connectivity index (χ0v) is 10.7. The Kier molecular flexibility index (Phi) is 3.26. The van der Waals surface area contributed by atoms with Crippen molar-refractivity contribution in [2.45, 2.75) is 33.2 Å². The van der Waals surface area contributed by atoms with Crippen LogP contribution in [0.1, 0.15) is 35.6 Å². The van der Waals surface area contributed by atoms with Gasteiger partial charge in [0.1, 0.15) is 5.54 Å². The fourth-order valence-electron chi connectivity index (χ4n) is 1.25. The van der Waals surface area contributed by atoms with Crippen LogP contribution in [0.5, 0.6) is 0 Å². The van der Waals surface area contributed by atoms with Crippen molar-refractivity contribution < 1.29 is 14.7 Å². The van der Waals surface area contributed by atoms with Crippen LogP contribution in [-0.2, 0) is 4.79 Å². The number of rotatable bonds is 3. The number of nitrogens with one attached hydrogen (secondary N) is 1. The van der Waals surface area contributed by atoms with E-state index < -0.39 is 17.4 Å². The number of carbonyl (C=O) groups is 2. The molecule has 17 heavy (non-hydrogen) atoms. The van der Waals surface area contributed by atoms with E-state index in [4.69, 9.17) is 5.11 Å². The Morgan fingerprint density at radius 1 is 1.35 bits per heavy atom. The van der Waals surface area contributed by atoms with Gasteiger partial charge in [0, 0.05) is 18.3 Å². The van der Waals surface area contributed by atoms with Crippen LogP contribution in [0.25, 0.3) is 0 Å². The quantitative estimate of drug-likeness (QED) is 0.822. The Balaban J connectivity index is 3.07. The van der Waals surface area contributed by atoms with E-state index >= 15 is 0 Å². The Labute approximate surface area is 99.6 Å². The van der Waals surface area contributed by atoms with Crippen molar-refractivity contribution in [1.29, 1.82) is 0 Å². The molecule has 0 saturated heterocycles. The first kappa shape index (κ1) is 13.2. The van der Waals surface area contributed by atoms with Crippen molar-refractivity contribution in [2.75, 3.05) is 7.05 Å². The zero-order chi connectivity index (χ0) is 13.4. The highest BCUT2D eigenvalue weighted by atomic mass is 16.4. The normalized spacial score (nSPS) is 11.4. The lowest BCUT2D eigenvalue weighted by molar-refractivity contribution is -0.147. The Morgan fingerprint density at radius 3 is 2.24 bits per heavy atom. The molecular formula is C11H17N3O3. The third-order valence-electron chi connectivity index (χ3n) is 3.12. The van der Waals surface area contributed by atoms with Crippen molar-refractivity contribution in [3.8, 4) is 0 Å². The molecule has 6 nitrogen and oxygen atoms in total. The van der Waals surface area contributed by atoms with Crippen LogP contribution in [0.15, 0.2) is 0 Å². The van der Waals surface area contributed by atoms with Gasteiger partial charge in [-0.15, -0.1) is 0 Å². The molecule has 6 heteroatoms. The van der Waals surface area contributed by atoms with Crippen LogP contribution in [0.3, 0.4) is 0 Å². The van der Waals surface area contributed by atoms with Gasteiger partial charge < -0.3 is 10.0 Å². The lowest BCUT2D eigenvalue weighted by Crippen LogP contribution is -2.51. The number of H-pyrrole nitrogens is 1. The highest BCUT2D eigenvalue weighted by Crippen LogP contribution is 2.18. The zero-order valence-electron chi connectivity index (χ0n) is 10.7. The molecule has 1 heterocycles. The summed E-state index contributed by atoms with van der Waals surface area (Å²) in [5, 5.41) is 15.7. The fourth-order valence-corrected chi connectivity index (χ4v) is 1.25. The standard InChI is InChI=1S/C11H17N3O3/c1-6-7(2)12-13-8(6)9(15)14(5)11(3,4)10(16)17/h1-5H3,(H,12,13)(H,16,17). The van der Waals surface area contributed by atoms with E-state index in [1.54, 1.807) is 13.8 Å². The number of aromatic amines is 1. The molecule has 1 aromatic rings. The van der Waals surface area contributed by atoms with E-state index in [2.05, 4.69) is 10.2 Å². The molecule has 1 aromatic heterocycles. The molecule has 0 aliphatic heterocycles. The molecular weight excluding hydrogens is 222 g/mol. The van der Waals surface area contributed by atoms with Crippen molar-refractivity contribution in [3.63, 3.8) is 0 Å². The van der Waals surface area contributed by atoms with Gasteiger partial charge in [0.2, 0.25) is 0 Å². The van der Waals surface area contributed by atoms with Gasteiger partial charge >= 0.3 is 5.97 Å². The number of carboxylic acids is 1. The Bertz CT molecular complexity index is 463. The SMILES string of the molecule is Cc1[nH]nc(C(=O)N(C)C(C)(C)C(=O)O)c1C. The summed E-state index contributed by atoms with van der Waals surface area (Å²) in [6.07, 6.45) is 0. The predicted octanol–water partition coefficient (Wildman–Crippen LogP) is 0.962. The molecule has 0 bridgehead atoms. The van der Waals surface area contributed by atoms with Gasteiger partial charge in [0.05, 0.1) is 0 Å². The topological polar surface area (TPSA) is 86.3 Å². The van der Waals surface area contributed by atoms with Crippen LogP contribution < -0.4 is 0 Å². The number of aromatic nitrogens is 2. The van der Waals surface area contributed by atoms with E-state index in [-0.39, 0.29) is 5.69 Å². The van der Waals surface area contributed by atoms with Crippen LogP contribution >= 0.6 is 0 Å².